The van der Waals surface area contributed by atoms with Crippen LogP contribution in [0.3, 0.4) is 0 Å². The third-order valence-corrected chi connectivity index (χ3v) is 16.2. The summed E-state index contributed by atoms with van der Waals surface area (Å²) < 4.78 is 22.2. The summed E-state index contributed by atoms with van der Waals surface area (Å²) in [7, 11) is -1.68. The first-order valence-electron chi connectivity index (χ1n) is 12.4. The van der Waals surface area contributed by atoms with Gasteiger partial charge in [0.15, 0.2) is 0 Å². The molecule has 3 saturated carbocycles. The highest BCUT2D eigenvalue weighted by atomic mass is 28.4. The van der Waals surface area contributed by atoms with Crippen LogP contribution in [0.1, 0.15) is 39.2 Å². The van der Waals surface area contributed by atoms with Crippen LogP contribution >= 0.6 is 0 Å². The molecule has 32 heavy (non-hydrogen) atoms. The van der Waals surface area contributed by atoms with Crippen LogP contribution in [0, 0.1) is 17.3 Å². The number of methoxy groups -OCH3 is 1. The third-order valence-electron chi connectivity index (χ3n) is 8.66. The van der Waals surface area contributed by atoms with Crippen LogP contribution in [0.4, 0.5) is 0 Å². The summed E-state index contributed by atoms with van der Waals surface area (Å²) in [6.07, 6.45) is 3.62. The lowest BCUT2D eigenvalue weighted by Crippen LogP contribution is -2.68. The average Bonchev–Trinajstić information content (AvgIpc) is 3.02. The number of benzene rings is 1. The molecule has 4 fully saturated rings. The number of nitrogens with zero attached hydrogens (tertiary/aromatic N) is 1. The molecule has 178 valence electrons. The fourth-order valence-electron chi connectivity index (χ4n) is 7.38. The second-order valence-corrected chi connectivity index (χ2v) is 23.3. The van der Waals surface area contributed by atoms with Gasteiger partial charge in [-0.05, 0) is 61.1 Å². The lowest BCUT2D eigenvalue weighted by molar-refractivity contribution is -0.199. The Morgan fingerprint density at radius 3 is 2.12 bits per heavy atom. The molecule has 0 N–H and O–H groups in total. The molecule has 1 aromatic carbocycles. The normalized spacial score (nSPS) is 32.5. The number of ether oxygens (including phenoxy) is 1. The largest absolute Gasteiger partial charge is 0.497 e. The van der Waals surface area contributed by atoms with E-state index >= 15 is 0 Å². The molecular weight excluding hydrogens is 429 g/mol. The van der Waals surface area contributed by atoms with E-state index in [4.69, 9.17) is 14.0 Å². The molecule has 0 radical (unpaired) electrons. The predicted octanol–water partition coefficient (Wildman–Crippen LogP) is 5.85. The minimum absolute atomic E-state index is 0.161. The minimum Gasteiger partial charge on any atom is -0.497 e. The molecule has 1 aliphatic heterocycles. The second-order valence-electron chi connectivity index (χ2n) is 13.2. The summed E-state index contributed by atoms with van der Waals surface area (Å²) in [6, 6.07) is 8.58. The van der Waals surface area contributed by atoms with E-state index in [0.717, 1.165) is 24.5 Å². The van der Waals surface area contributed by atoms with Crippen LogP contribution in [-0.4, -0.2) is 52.6 Å². The van der Waals surface area contributed by atoms with Gasteiger partial charge in [0, 0.05) is 5.94 Å². The van der Waals surface area contributed by atoms with Gasteiger partial charge in [0.25, 0.3) is 0 Å². The lowest BCUT2D eigenvalue weighted by Gasteiger charge is -2.64. The van der Waals surface area contributed by atoms with Crippen molar-refractivity contribution >= 4 is 23.6 Å². The summed E-state index contributed by atoms with van der Waals surface area (Å²) in [5.41, 5.74) is 1.53. The van der Waals surface area contributed by atoms with E-state index in [-0.39, 0.29) is 24.8 Å². The molecule has 5 atom stereocenters. The second kappa shape index (κ2) is 7.97. The molecule has 0 aromatic heterocycles. The topological polar surface area (TPSA) is 30.9 Å². The van der Waals surface area contributed by atoms with E-state index in [0.29, 0.717) is 11.3 Å². The van der Waals surface area contributed by atoms with Crippen molar-refractivity contribution < 1.29 is 14.0 Å². The van der Waals surface area contributed by atoms with Gasteiger partial charge >= 0.3 is 7.12 Å². The molecule has 0 spiro atoms. The van der Waals surface area contributed by atoms with Crippen molar-refractivity contribution in [3.05, 3.63) is 29.8 Å². The van der Waals surface area contributed by atoms with Crippen LogP contribution in [0.5, 0.6) is 5.75 Å². The van der Waals surface area contributed by atoms with Crippen molar-refractivity contribution in [2.24, 2.45) is 17.3 Å². The summed E-state index contributed by atoms with van der Waals surface area (Å²) in [6.45, 7) is 22.1. The van der Waals surface area contributed by atoms with E-state index in [1.807, 2.05) is 0 Å². The van der Waals surface area contributed by atoms with Crippen LogP contribution in [0.25, 0.3) is 0 Å². The van der Waals surface area contributed by atoms with Gasteiger partial charge in [-0.2, -0.15) is 0 Å². The number of rotatable bonds is 7. The predicted molar refractivity (Wildman–Crippen MR) is 139 cm³/mol. The van der Waals surface area contributed by atoms with Crippen LogP contribution < -0.4 is 4.74 Å². The zero-order valence-corrected chi connectivity index (χ0v) is 24.0. The van der Waals surface area contributed by atoms with Gasteiger partial charge in [0.2, 0.25) is 0 Å². The Balaban J connectivity index is 1.68. The van der Waals surface area contributed by atoms with Gasteiger partial charge in [-0.3, -0.25) is 0 Å². The fourth-order valence-corrected chi connectivity index (χ4v) is 17.8. The smallest absolute Gasteiger partial charge is 0.475 e. The maximum atomic E-state index is 7.05. The van der Waals surface area contributed by atoms with Crippen molar-refractivity contribution in [1.29, 1.82) is 0 Å². The fraction of sp³-hybridized carbons (Fsp3) is 0.760. The van der Waals surface area contributed by atoms with Crippen LogP contribution in [0.15, 0.2) is 24.3 Å². The molecule has 0 amide bonds. The van der Waals surface area contributed by atoms with Crippen molar-refractivity contribution in [2.75, 3.05) is 7.11 Å². The van der Waals surface area contributed by atoms with E-state index in [2.05, 4.69) is 88.5 Å². The van der Waals surface area contributed by atoms with Crippen molar-refractivity contribution in [1.82, 2.24) is 4.23 Å². The van der Waals surface area contributed by atoms with E-state index in [1.165, 1.54) is 12.0 Å². The first kappa shape index (κ1) is 24.5. The Labute approximate surface area is 198 Å². The highest BCUT2D eigenvalue weighted by molar-refractivity contribution is 6.90. The summed E-state index contributed by atoms with van der Waals surface area (Å²) in [5, 5.41) is 0. The maximum Gasteiger partial charge on any atom is 0.475 e. The Morgan fingerprint density at radius 2 is 1.62 bits per heavy atom. The summed E-state index contributed by atoms with van der Waals surface area (Å²) in [5.74, 6) is 2.52. The zero-order valence-electron chi connectivity index (χ0n) is 22.0. The molecule has 1 aromatic rings. The van der Waals surface area contributed by atoms with Gasteiger partial charge in [-0.25, -0.2) is 0 Å². The number of hydrogen-bond donors (Lipinski definition) is 0. The standard InChI is InChI=1S/C25H44BNO3Si2/c1-24(2)19-16-21(24)25(3)22(17-19)29-26(30-25)23(27(31(5,6)7)32(8,9)10)15-18-11-13-20(28-4)14-12-18/h11-14,19,21-23H,15-17H2,1-10H3/t19-,21-,22+,23?,25-/m0/s1. The minimum atomic E-state index is -1.62. The van der Waals surface area contributed by atoms with E-state index in [1.54, 1.807) is 7.11 Å². The molecule has 1 unspecified atom stereocenters. The van der Waals surface area contributed by atoms with Crippen molar-refractivity contribution in [3.63, 3.8) is 0 Å². The van der Waals surface area contributed by atoms with Gasteiger partial charge in [0.05, 0.1) is 18.8 Å². The monoisotopic (exact) mass is 473 g/mol. The highest BCUT2D eigenvalue weighted by Crippen LogP contribution is 2.65. The molecular formula is C25H44BNO3Si2. The lowest BCUT2D eigenvalue weighted by atomic mass is 9.43. The summed E-state index contributed by atoms with van der Waals surface area (Å²) >= 11 is 0. The van der Waals surface area contributed by atoms with Gasteiger partial charge in [-0.15, -0.1) is 0 Å². The van der Waals surface area contributed by atoms with Crippen molar-refractivity contribution in [3.8, 4) is 5.75 Å². The molecule has 4 aliphatic rings. The first-order valence-corrected chi connectivity index (χ1v) is 19.3. The highest BCUT2D eigenvalue weighted by Gasteiger charge is 2.69. The molecule has 7 heteroatoms. The molecule has 1 saturated heterocycles. The molecule has 2 bridgehead atoms. The van der Waals surface area contributed by atoms with Gasteiger partial charge in [0.1, 0.15) is 22.2 Å². The number of hydrogen-bond acceptors (Lipinski definition) is 4. The molecule has 5 rings (SSSR count). The van der Waals surface area contributed by atoms with E-state index < -0.39 is 16.5 Å². The Hall–Kier alpha value is -0.601. The van der Waals surface area contributed by atoms with Crippen LogP contribution in [-0.2, 0) is 15.7 Å². The molecule has 4 nitrogen and oxygen atoms in total. The quantitative estimate of drug-likeness (QED) is 0.465. The SMILES string of the molecule is COc1ccc(CC(B2O[C@@H]3C[C@@H]4C[C@@H](C4(C)C)[C@]3(C)O2)N([Si](C)(C)C)[Si](C)(C)C)cc1. The van der Waals surface area contributed by atoms with Crippen molar-refractivity contribution in [2.45, 2.75) is 97.0 Å². The molecule has 3 aliphatic carbocycles. The Morgan fingerprint density at radius 1 is 1.03 bits per heavy atom. The van der Waals surface area contributed by atoms with Gasteiger partial charge in [-0.1, -0.05) is 65.3 Å². The summed E-state index contributed by atoms with van der Waals surface area (Å²) in [4.78, 5) is 0. The third kappa shape index (κ3) is 4.06. The van der Waals surface area contributed by atoms with Crippen LogP contribution in [0.2, 0.25) is 39.3 Å². The first-order chi connectivity index (χ1) is 14.7. The Bertz CT molecular complexity index is 821. The molecule has 1 heterocycles. The maximum absolute atomic E-state index is 7.05. The average molecular weight is 474 g/mol. The Kier molecular flexibility index (Phi) is 6.11. The van der Waals surface area contributed by atoms with Gasteiger partial charge < -0.3 is 18.3 Å². The zero-order chi connectivity index (χ0) is 23.7. The van der Waals surface area contributed by atoms with E-state index in [9.17, 15) is 0 Å².